The molecule has 0 aliphatic carbocycles. The van der Waals surface area contributed by atoms with Gasteiger partial charge in [-0.15, -0.1) is 0 Å². The topological polar surface area (TPSA) is 45.8 Å². The summed E-state index contributed by atoms with van der Waals surface area (Å²) in [5.41, 5.74) is 2.66. The summed E-state index contributed by atoms with van der Waals surface area (Å²) < 4.78 is 5.87. The van der Waals surface area contributed by atoms with E-state index in [4.69, 9.17) is 27.6 Å². The maximum absolute atomic E-state index is 12.6. The lowest BCUT2D eigenvalue weighted by atomic mass is 10.2. The van der Waals surface area contributed by atoms with Crippen molar-refractivity contribution in [3.63, 3.8) is 0 Å². The summed E-state index contributed by atoms with van der Waals surface area (Å²) in [5, 5.41) is 1.51. The lowest BCUT2D eigenvalue weighted by molar-refractivity contribution is -0.121. The molecule has 1 aliphatic heterocycles. The Labute approximate surface area is 182 Å². The molecule has 1 amide bonds. The van der Waals surface area contributed by atoms with Gasteiger partial charge in [-0.3, -0.25) is 9.69 Å². The molecule has 0 atom stereocenters. The number of nitrogens with zero attached hydrogens (tertiary/aromatic N) is 2. The quantitative estimate of drug-likeness (QED) is 0.419. The number of halogens is 2. The van der Waals surface area contributed by atoms with Crippen LogP contribution in [-0.2, 0) is 4.79 Å². The van der Waals surface area contributed by atoms with E-state index in [1.165, 1.54) is 16.7 Å². The number of aliphatic imine (C=N–C) groups is 1. The highest BCUT2D eigenvalue weighted by molar-refractivity contribution is 8.18. The fourth-order valence-electron chi connectivity index (χ4n) is 2.78. The molecule has 0 N–H and O–H groups in total. The number of benzene rings is 2. The van der Waals surface area contributed by atoms with E-state index in [9.17, 15) is 4.79 Å². The summed E-state index contributed by atoms with van der Waals surface area (Å²) in [5.74, 6) is 1.01. The van der Waals surface area contributed by atoms with Crippen molar-refractivity contribution in [2.45, 2.75) is 6.92 Å². The predicted octanol–water partition coefficient (Wildman–Crippen LogP) is 6.80. The minimum absolute atomic E-state index is 0.125. The van der Waals surface area contributed by atoms with E-state index in [1.54, 1.807) is 31.3 Å². The number of likely N-dealkylation sites (N-methyl/N-ethyl adjacent to an activating group) is 1. The van der Waals surface area contributed by atoms with Crippen LogP contribution in [0.1, 0.15) is 11.3 Å². The molecule has 2 heterocycles. The van der Waals surface area contributed by atoms with Crippen molar-refractivity contribution in [3.8, 4) is 11.3 Å². The van der Waals surface area contributed by atoms with Gasteiger partial charge in [-0.25, -0.2) is 4.99 Å². The van der Waals surface area contributed by atoms with Crippen molar-refractivity contribution < 1.29 is 9.21 Å². The van der Waals surface area contributed by atoms with Crippen LogP contribution in [0.5, 0.6) is 0 Å². The minimum Gasteiger partial charge on any atom is -0.457 e. The third-order valence-corrected chi connectivity index (χ3v) is 6.26. The lowest BCUT2D eigenvalue weighted by Crippen LogP contribution is -2.23. The third-order valence-electron chi connectivity index (χ3n) is 4.38. The van der Waals surface area contributed by atoms with Crippen molar-refractivity contribution in [1.82, 2.24) is 4.90 Å². The molecule has 0 saturated carbocycles. The summed E-state index contributed by atoms with van der Waals surface area (Å²) in [4.78, 5) is 19.3. The molecule has 0 bridgehead atoms. The molecule has 29 heavy (non-hydrogen) atoms. The predicted molar refractivity (Wildman–Crippen MR) is 121 cm³/mol. The van der Waals surface area contributed by atoms with Gasteiger partial charge < -0.3 is 4.42 Å². The van der Waals surface area contributed by atoms with Gasteiger partial charge in [-0.05, 0) is 55.1 Å². The molecule has 7 heteroatoms. The maximum Gasteiger partial charge on any atom is 0.266 e. The highest BCUT2D eigenvalue weighted by Gasteiger charge is 2.30. The van der Waals surface area contributed by atoms with Crippen molar-refractivity contribution in [1.29, 1.82) is 0 Å². The summed E-state index contributed by atoms with van der Waals surface area (Å²) in [6.07, 6.45) is 1.71. The molecule has 4 nitrogen and oxygen atoms in total. The Bertz CT molecular complexity index is 1150. The second-order valence-corrected chi connectivity index (χ2v) is 8.30. The normalized spacial score (nSPS) is 17.0. The molecule has 4 rings (SSSR count). The van der Waals surface area contributed by atoms with Crippen LogP contribution < -0.4 is 0 Å². The van der Waals surface area contributed by atoms with E-state index in [1.807, 2.05) is 43.3 Å². The first-order valence-corrected chi connectivity index (χ1v) is 10.4. The third kappa shape index (κ3) is 4.13. The second kappa shape index (κ2) is 8.11. The molecule has 0 unspecified atom stereocenters. The Kier molecular flexibility index (Phi) is 5.54. The van der Waals surface area contributed by atoms with Crippen molar-refractivity contribution in [2.75, 3.05) is 7.05 Å². The Morgan fingerprint density at radius 1 is 1.07 bits per heavy atom. The average molecular weight is 443 g/mol. The van der Waals surface area contributed by atoms with Gasteiger partial charge in [0.05, 0.1) is 20.6 Å². The van der Waals surface area contributed by atoms with Crippen LogP contribution in [0.2, 0.25) is 10.0 Å². The highest BCUT2D eigenvalue weighted by atomic mass is 35.5. The standard InChI is InChI=1S/C22H16Cl2N2O2S/c1-13-6-8-14(9-7-13)25-22-26(2)21(27)19(29-22)12-15-10-11-18(28-15)16-4-3-5-17(23)20(16)24/h3-12H,1-2H3/b19-12+,25-22?. The van der Waals surface area contributed by atoms with Crippen LogP contribution in [0.4, 0.5) is 5.69 Å². The number of hydrogen-bond donors (Lipinski definition) is 0. The number of rotatable bonds is 3. The van der Waals surface area contributed by atoms with Crippen LogP contribution >= 0.6 is 35.0 Å². The van der Waals surface area contributed by atoms with Crippen LogP contribution in [0.3, 0.4) is 0 Å². The molecule has 3 aromatic rings. The first kappa shape index (κ1) is 19.8. The van der Waals surface area contributed by atoms with Gasteiger partial charge in [0.2, 0.25) is 0 Å². The maximum atomic E-state index is 12.6. The van der Waals surface area contributed by atoms with Crippen molar-refractivity contribution in [2.24, 2.45) is 4.99 Å². The largest absolute Gasteiger partial charge is 0.457 e. The van der Waals surface area contributed by atoms with E-state index in [0.29, 0.717) is 37.2 Å². The molecule has 1 aliphatic rings. The molecule has 146 valence electrons. The van der Waals surface area contributed by atoms with E-state index in [0.717, 1.165) is 11.3 Å². The number of furan rings is 1. The Morgan fingerprint density at radius 3 is 2.59 bits per heavy atom. The molecule has 0 spiro atoms. The zero-order valence-corrected chi connectivity index (χ0v) is 18.0. The van der Waals surface area contributed by atoms with Crippen LogP contribution in [0, 0.1) is 6.92 Å². The first-order chi connectivity index (χ1) is 13.9. The molecular weight excluding hydrogens is 427 g/mol. The zero-order valence-electron chi connectivity index (χ0n) is 15.6. The van der Waals surface area contributed by atoms with Crippen LogP contribution in [0.25, 0.3) is 17.4 Å². The second-order valence-electron chi connectivity index (χ2n) is 6.51. The van der Waals surface area contributed by atoms with E-state index >= 15 is 0 Å². The van der Waals surface area contributed by atoms with Gasteiger partial charge in [0, 0.05) is 18.7 Å². The molecule has 2 aromatic carbocycles. The van der Waals surface area contributed by atoms with Crippen molar-refractivity contribution in [3.05, 3.63) is 80.9 Å². The van der Waals surface area contributed by atoms with Crippen molar-refractivity contribution >= 4 is 57.8 Å². The Balaban J connectivity index is 1.60. The number of aryl methyl sites for hydroxylation is 1. The monoisotopic (exact) mass is 442 g/mol. The Hall–Kier alpha value is -2.47. The van der Waals surface area contributed by atoms with Gasteiger partial charge in [-0.1, -0.05) is 47.0 Å². The lowest BCUT2D eigenvalue weighted by Gasteiger charge is -2.07. The number of hydrogen-bond acceptors (Lipinski definition) is 4. The van der Waals surface area contributed by atoms with E-state index in [2.05, 4.69) is 4.99 Å². The number of amidine groups is 1. The molecule has 0 radical (unpaired) electrons. The van der Waals surface area contributed by atoms with Crippen LogP contribution in [0.15, 0.2) is 68.9 Å². The minimum atomic E-state index is -0.125. The van der Waals surface area contributed by atoms with Gasteiger partial charge >= 0.3 is 0 Å². The number of thioether (sulfide) groups is 1. The molecular formula is C22H16Cl2N2O2S. The van der Waals surface area contributed by atoms with Gasteiger partial charge in [0.1, 0.15) is 11.5 Å². The SMILES string of the molecule is Cc1ccc(N=C2S/C(=C/c3ccc(-c4cccc(Cl)c4Cl)o3)C(=O)N2C)cc1. The van der Waals surface area contributed by atoms with E-state index < -0.39 is 0 Å². The fraction of sp³-hybridized carbons (Fsp3) is 0.0909. The molecule has 1 saturated heterocycles. The summed E-state index contributed by atoms with van der Waals surface area (Å²) >= 11 is 13.7. The van der Waals surface area contributed by atoms with Gasteiger partial charge in [0.25, 0.3) is 5.91 Å². The fourth-order valence-corrected chi connectivity index (χ4v) is 4.14. The zero-order chi connectivity index (χ0) is 20.5. The molecule has 1 fully saturated rings. The van der Waals surface area contributed by atoms with Gasteiger partial charge in [-0.2, -0.15) is 0 Å². The smallest absolute Gasteiger partial charge is 0.266 e. The van der Waals surface area contributed by atoms with E-state index in [-0.39, 0.29) is 5.91 Å². The molecule has 1 aromatic heterocycles. The number of amides is 1. The first-order valence-electron chi connectivity index (χ1n) is 8.79. The number of carbonyl (C=O) groups excluding carboxylic acids is 1. The summed E-state index contributed by atoms with van der Waals surface area (Å²) in [6.45, 7) is 2.02. The Morgan fingerprint density at radius 2 is 1.83 bits per heavy atom. The van der Waals surface area contributed by atoms with Crippen LogP contribution in [-0.4, -0.2) is 23.0 Å². The summed E-state index contributed by atoms with van der Waals surface area (Å²) in [6, 6.07) is 16.8. The van der Waals surface area contributed by atoms with Gasteiger partial charge in [0.15, 0.2) is 5.17 Å². The highest BCUT2D eigenvalue weighted by Crippen LogP contribution is 2.36. The average Bonchev–Trinajstić information content (AvgIpc) is 3.27. The number of carbonyl (C=O) groups is 1. The summed E-state index contributed by atoms with van der Waals surface area (Å²) in [7, 11) is 1.71.